The van der Waals surface area contributed by atoms with Crippen LogP contribution in [0.15, 0.2) is 72.9 Å². The third-order valence-electron chi connectivity index (χ3n) is 9.01. The summed E-state index contributed by atoms with van der Waals surface area (Å²) < 4.78 is 16.6. The van der Waals surface area contributed by atoms with E-state index in [0.29, 0.717) is 19.3 Å². The Morgan fingerprint density at radius 1 is 0.389 bits per heavy atom. The molecule has 0 aromatic rings. The van der Waals surface area contributed by atoms with E-state index >= 15 is 0 Å². The lowest BCUT2D eigenvalue weighted by molar-refractivity contribution is -0.167. The fourth-order valence-corrected chi connectivity index (χ4v) is 5.66. The molecule has 308 valence electrons. The van der Waals surface area contributed by atoms with E-state index < -0.39 is 6.10 Å². The van der Waals surface area contributed by atoms with Gasteiger partial charge in [-0.15, -0.1) is 0 Å². The second-order valence-electron chi connectivity index (χ2n) is 14.3. The number of hydrogen-bond donors (Lipinski definition) is 0. The van der Waals surface area contributed by atoms with Crippen molar-refractivity contribution in [2.45, 2.75) is 200 Å². The molecule has 6 heteroatoms. The topological polar surface area (TPSA) is 78.9 Å². The van der Waals surface area contributed by atoms with Crippen LogP contribution in [0.2, 0.25) is 0 Å². The second kappa shape index (κ2) is 42.6. The van der Waals surface area contributed by atoms with Gasteiger partial charge in [-0.3, -0.25) is 14.4 Å². The zero-order valence-electron chi connectivity index (χ0n) is 35.0. The average molecular weight is 753 g/mol. The third-order valence-corrected chi connectivity index (χ3v) is 9.01. The summed E-state index contributed by atoms with van der Waals surface area (Å²) in [5, 5.41) is 0. The predicted octanol–water partition coefficient (Wildman–Crippen LogP) is 13.9. The highest BCUT2D eigenvalue weighted by Gasteiger charge is 2.19. The van der Waals surface area contributed by atoms with E-state index in [-0.39, 0.29) is 31.1 Å². The lowest BCUT2D eigenvalue weighted by Gasteiger charge is -2.18. The van der Waals surface area contributed by atoms with E-state index in [9.17, 15) is 14.4 Å². The summed E-state index contributed by atoms with van der Waals surface area (Å²) >= 11 is 0. The van der Waals surface area contributed by atoms with Crippen molar-refractivity contribution in [2.24, 2.45) is 0 Å². The maximum Gasteiger partial charge on any atom is 0.306 e. The third kappa shape index (κ3) is 40.0. The number of hydrogen-bond acceptors (Lipinski definition) is 6. The van der Waals surface area contributed by atoms with Crippen molar-refractivity contribution in [3.63, 3.8) is 0 Å². The Bertz CT molecular complexity index is 1050. The number of unbranched alkanes of at least 4 members (excludes halogenated alkanes) is 18. The van der Waals surface area contributed by atoms with Gasteiger partial charge in [-0.1, -0.05) is 164 Å². The largest absolute Gasteiger partial charge is 0.462 e. The van der Waals surface area contributed by atoms with Crippen molar-refractivity contribution in [3.8, 4) is 0 Å². The van der Waals surface area contributed by atoms with Crippen LogP contribution in [0.25, 0.3) is 0 Å². The molecule has 0 aliphatic rings. The van der Waals surface area contributed by atoms with Crippen molar-refractivity contribution < 1.29 is 28.6 Å². The molecule has 0 heterocycles. The number of ether oxygens (including phenoxy) is 3. The van der Waals surface area contributed by atoms with Gasteiger partial charge in [-0.25, -0.2) is 0 Å². The summed E-state index contributed by atoms with van der Waals surface area (Å²) in [6, 6.07) is 0. The first-order valence-corrected chi connectivity index (χ1v) is 22.0. The minimum Gasteiger partial charge on any atom is -0.462 e. The monoisotopic (exact) mass is 753 g/mol. The fourth-order valence-electron chi connectivity index (χ4n) is 5.66. The van der Waals surface area contributed by atoms with Crippen LogP contribution in [0.4, 0.5) is 0 Å². The average Bonchev–Trinajstić information content (AvgIpc) is 3.17. The van der Waals surface area contributed by atoms with E-state index in [1.54, 1.807) is 0 Å². The van der Waals surface area contributed by atoms with Gasteiger partial charge in [0.15, 0.2) is 6.10 Å². The van der Waals surface area contributed by atoms with Crippen molar-refractivity contribution in [2.75, 3.05) is 13.2 Å². The van der Waals surface area contributed by atoms with E-state index in [1.165, 1.54) is 51.4 Å². The molecule has 0 rings (SSSR count). The highest BCUT2D eigenvalue weighted by molar-refractivity contribution is 5.71. The maximum absolute atomic E-state index is 12.7. The SMILES string of the molecule is CC\C=C/C=C\C=C/C=C\CCCCCC(=O)OCC(COC(=O)CCCCCC/C=C\CCCC)OC(=O)CCCCC/C=C\CCCCCCCC. The Balaban J connectivity index is 4.50. The highest BCUT2D eigenvalue weighted by atomic mass is 16.6. The highest BCUT2D eigenvalue weighted by Crippen LogP contribution is 2.12. The summed E-state index contributed by atoms with van der Waals surface area (Å²) in [5.41, 5.74) is 0. The molecule has 1 unspecified atom stereocenters. The van der Waals surface area contributed by atoms with Crippen LogP contribution in [0.1, 0.15) is 194 Å². The molecule has 0 bridgehead atoms. The Hall–Kier alpha value is -3.15. The molecule has 0 aromatic carbocycles. The Morgan fingerprint density at radius 2 is 0.759 bits per heavy atom. The van der Waals surface area contributed by atoms with Gasteiger partial charge in [0.25, 0.3) is 0 Å². The molecule has 1 atom stereocenters. The van der Waals surface area contributed by atoms with Gasteiger partial charge >= 0.3 is 17.9 Å². The lowest BCUT2D eigenvalue weighted by Crippen LogP contribution is -2.30. The van der Waals surface area contributed by atoms with Gasteiger partial charge in [0.1, 0.15) is 13.2 Å². The molecule has 0 fully saturated rings. The number of carbonyl (C=O) groups excluding carboxylic acids is 3. The number of carbonyl (C=O) groups is 3. The van der Waals surface area contributed by atoms with Gasteiger partial charge in [0.05, 0.1) is 0 Å². The van der Waals surface area contributed by atoms with Gasteiger partial charge in [0, 0.05) is 19.3 Å². The van der Waals surface area contributed by atoms with Crippen molar-refractivity contribution in [1.29, 1.82) is 0 Å². The van der Waals surface area contributed by atoms with Crippen LogP contribution in [-0.2, 0) is 28.6 Å². The molecular weight excluding hydrogens is 673 g/mol. The fraction of sp³-hybridized carbons (Fsp3) is 0.688. The Morgan fingerprint density at radius 3 is 1.26 bits per heavy atom. The van der Waals surface area contributed by atoms with Crippen LogP contribution in [0.5, 0.6) is 0 Å². The minimum absolute atomic E-state index is 0.101. The van der Waals surface area contributed by atoms with Crippen LogP contribution in [0.3, 0.4) is 0 Å². The zero-order chi connectivity index (χ0) is 39.4. The summed E-state index contributed by atoms with van der Waals surface area (Å²) in [5.74, 6) is -0.979. The van der Waals surface area contributed by atoms with Gasteiger partial charge in [-0.05, 0) is 83.5 Å². The summed E-state index contributed by atoms with van der Waals surface area (Å²) in [4.78, 5) is 37.6. The normalized spacial score (nSPS) is 12.7. The van der Waals surface area contributed by atoms with E-state index in [0.717, 1.165) is 103 Å². The van der Waals surface area contributed by atoms with Gasteiger partial charge in [-0.2, -0.15) is 0 Å². The van der Waals surface area contributed by atoms with Crippen molar-refractivity contribution >= 4 is 17.9 Å². The molecule has 0 spiro atoms. The summed E-state index contributed by atoms with van der Waals surface area (Å²) in [6.07, 6.45) is 51.7. The molecule has 0 aliphatic carbocycles. The smallest absolute Gasteiger partial charge is 0.306 e. The first-order valence-electron chi connectivity index (χ1n) is 22.0. The predicted molar refractivity (Wildman–Crippen MR) is 228 cm³/mol. The van der Waals surface area contributed by atoms with Crippen LogP contribution in [-0.4, -0.2) is 37.2 Å². The van der Waals surface area contributed by atoms with E-state index in [4.69, 9.17) is 14.2 Å². The lowest BCUT2D eigenvalue weighted by atomic mass is 10.1. The molecule has 0 N–H and O–H groups in total. The minimum atomic E-state index is -0.800. The van der Waals surface area contributed by atoms with E-state index in [2.05, 4.69) is 57.2 Å². The molecule has 0 aromatic heterocycles. The van der Waals surface area contributed by atoms with Gasteiger partial charge in [0.2, 0.25) is 0 Å². The molecule has 0 saturated heterocycles. The zero-order valence-corrected chi connectivity index (χ0v) is 35.0. The molecule has 0 radical (unpaired) electrons. The molecular formula is C48H80O6. The number of allylic oxidation sites excluding steroid dienone is 12. The second-order valence-corrected chi connectivity index (χ2v) is 14.3. The summed E-state index contributed by atoms with van der Waals surface area (Å²) in [7, 11) is 0. The molecule has 0 aliphatic heterocycles. The molecule has 6 nitrogen and oxygen atoms in total. The van der Waals surface area contributed by atoms with Crippen LogP contribution in [0, 0.1) is 0 Å². The van der Waals surface area contributed by atoms with Crippen LogP contribution >= 0.6 is 0 Å². The van der Waals surface area contributed by atoms with Gasteiger partial charge < -0.3 is 14.2 Å². The molecule has 54 heavy (non-hydrogen) atoms. The van der Waals surface area contributed by atoms with Crippen molar-refractivity contribution in [3.05, 3.63) is 72.9 Å². The number of rotatable bonds is 38. The first kappa shape index (κ1) is 50.9. The molecule has 0 saturated carbocycles. The molecule has 0 amide bonds. The number of esters is 3. The quantitative estimate of drug-likeness (QED) is 0.0205. The van der Waals surface area contributed by atoms with Crippen molar-refractivity contribution in [1.82, 2.24) is 0 Å². The Kier molecular flexibility index (Phi) is 40.1. The summed E-state index contributed by atoms with van der Waals surface area (Å²) in [6.45, 7) is 6.36. The van der Waals surface area contributed by atoms with Crippen LogP contribution < -0.4 is 0 Å². The van der Waals surface area contributed by atoms with E-state index in [1.807, 2.05) is 36.5 Å². The standard InChI is InChI=1S/C48H80O6/c1-4-7-10-13-16-19-22-24-26-29-32-35-38-41-47(50)53-44-45(43-52-46(49)40-37-34-31-28-21-18-15-12-9-6-3)54-48(51)42-39-36-33-30-27-25-23-20-17-14-11-8-5-2/h7,10,13,15-16,18-19,22,24-27,45H,4-6,8-9,11-12,14,17,20-21,23,28-44H2,1-3H3/b10-7-,16-13-,18-15-,22-19-,26-24-,27-25-. The maximum atomic E-state index is 12.7. The first-order chi connectivity index (χ1) is 26.5. The Labute approximate surface area is 332 Å².